The van der Waals surface area contributed by atoms with E-state index in [1.807, 2.05) is 89.2 Å². The van der Waals surface area contributed by atoms with E-state index in [0.29, 0.717) is 24.2 Å². The molecule has 0 saturated heterocycles. The zero-order valence-corrected chi connectivity index (χ0v) is 54.5. The van der Waals surface area contributed by atoms with Gasteiger partial charge in [0.1, 0.15) is 23.9 Å². The molecule has 7 rings (SSSR count). The quantitative estimate of drug-likeness (QED) is 0.119. The summed E-state index contributed by atoms with van der Waals surface area (Å²) in [5, 5.41) is 19.6. The number of hydrogen-bond donors (Lipinski definition) is 2. The van der Waals surface area contributed by atoms with Crippen LogP contribution in [-0.2, 0) is 27.8 Å². The lowest BCUT2D eigenvalue weighted by molar-refractivity contribution is -0.119. The topological polar surface area (TPSA) is 79.7 Å². The fourth-order valence-corrected chi connectivity index (χ4v) is 8.95. The smallest absolute Gasteiger partial charge is 0.132 e. The van der Waals surface area contributed by atoms with Gasteiger partial charge < -0.3 is 14.9 Å². The van der Waals surface area contributed by atoms with Gasteiger partial charge in [-0.15, -0.1) is 0 Å². The van der Waals surface area contributed by atoms with Crippen LogP contribution in [0.2, 0.25) is 0 Å². The number of phenols is 1. The number of carbonyl (C=O) groups is 1. The summed E-state index contributed by atoms with van der Waals surface area (Å²) < 4.78 is 12.2. The van der Waals surface area contributed by atoms with Crippen molar-refractivity contribution in [3.63, 3.8) is 0 Å². The molecular weight excluding hydrogens is 1460 g/mol. The van der Waals surface area contributed by atoms with Crippen molar-refractivity contribution in [2.75, 3.05) is 0 Å². The maximum Gasteiger partial charge on any atom is 0.132 e. The predicted molar refractivity (Wildman–Crippen MR) is 345 cm³/mol. The maximum absolute atomic E-state index is 10.2. The number of pyridine rings is 1. The molecule has 2 N–H and O–H groups in total. The SMILES string of the molecule is CC(=O)C(C)C.CC(C)C(C)(O)c1ccc(I)cc1.CC(C)C(C)(c1ccc(I)cc1)c1ccc(OCc2ccccn2)cc1.CC(C)C(C)(c1ccc(O)cc1)c1ccc(I)cc1.Ic1ccc(I)cc1. The first kappa shape index (κ1) is 63.6. The molecule has 6 aromatic carbocycles. The van der Waals surface area contributed by atoms with E-state index >= 15 is 0 Å². The molecule has 0 amide bonds. The molecule has 5 nitrogen and oxygen atoms in total. The summed E-state index contributed by atoms with van der Waals surface area (Å²) in [6.07, 6.45) is 1.79. The van der Waals surface area contributed by atoms with Crippen molar-refractivity contribution in [2.24, 2.45) is 23.7 Å². The number of rotatable bonds is 12. The van der Waals surface area contributed by atoms with Gasteiger partial charge in [0.05, 0.1) is 11.3 Å². The number of ketones is 1. The number of nitrogens with zero attached hydrogens (tertiary/aromatic N) is 1. The van der Waals surface area contributed by atoms with Crippen molar-refractivity contribution >= 4 is 119 Å². The van der Waals surface area contributed by atoms with E-state index in [1.54, 1.807) is 25.3 Å². The van der Waals surface area contributed by atoms with Crippen LogP contribution in [0.25, 0.3) is 0 Å². The molecule has 0 radical (unpaired) electrons. The van der Waals surface area contributed by atoms with Gasteiger partial charge in [-0.2, -0.15) is 0 Å². The molecule has 72 heavy (non-hydrogen) atoms. The third kappa shape index (κ3) is 19.8. The minimum atomic E-state index is -0.718. The molecule has 3 atom stereocenters. The first-order valence-electron chi connectivity index (χ1n) is 24.2. The van der Waals surface area contributed by atoms with Crippen LogP contribution in [0, 0.1) is 41.5 Å². The van der Waals surface area contributed by atoms with Crippen molar-refractivity contribution in [3.05, 3.63) is 221 Å². The summed E-state index contributed by atoms with van der Waals surface area (Å²) in [6, 6.07) is 55.9. The molecule has 10 heteroatoms. The lowest BCUT2D eigenvalue weighted by atomic mass is 9.68. The molecule has 7 aromatic rings. The van der Waals surface area contributed by atoms with E-state index in [-0.39, 0.29) is 28.4 Å². The number of halogens is 5. The second-order valence-electron chi connectivity index (χ2n) is 19.4. The van der Waals surface area contributed by atoms with E-state index in [9.17, 15) is 15.0 Å². The molecule has 0 aliphatic carbocycles. The number of carbonyl (C=O) groups excluding carboxylic acids is 1. The monoisotopic (exact) mass is 1530 g/mol. The highest BCUT2D eigenvalue weighted by molar-refractivity contribution is 14.1. The average Bonchev–Trinajstić information content (AvgIpc) is 3.35. The zero-order chi connectivity index (χ0) is 53.8. The summed E-state index contributed by atoms with van der Waals surface area (Å²) in [5.41, 5.74) is 6.32. The molecule has 0 bridgehead atoms. The molecular formula is C62H72I5NO4. The fraction of sp³-hybridized carbons (Fsp3) is 0.323. The van der Waals surface area contributed by atoms with E-state index < -0.39 is 5.60 Å². The standard InChI is InChI=1S/C23H24INO.C17H19IO.C11H15IO.C6H4I2.C5H10O/c1-17(2)23(3,18-7-11-20(24)12-8-18)19-9-13-22(14-10-19)26-16-21-6-4-5-15-25-21;1-12(2)17(3,13-4-8-15(18)9-5-13)14-6-10-16(19)11-7-14;1-8(2)11(3,13)9-4-6-10(12)7-5-9;7-5-1-2-6(8)4-3-5;1-4(2)5(3)6/h4-15,17H,16H2,1-3H3;4-12,19H,1-3H3;4-8,13H,1-3H3;1-4H;4H,1-3H3. The van der Waals surface area contributed by atoms with Crippen LogP contribution in [0.5, 0.6) is 11.5 Å². The Morgan fingerprint density at radius 2 is 0.792 bits per heavy atom. The molecule has 0 aliphatic rings. The van der Waals surface area contributed by atoms with Crippen molar-refractivity contribution in [1.29, 1.82) is 0 Å². The number of hydrogen-bond acceptors (Lipinski definition) is 5. The van der Waals surface area contributed by atoms with Gasteiger partial charge in [0.2, 0.25) is 0 Å². The molecule has 0 spiro atoms. The largest absolute Gasteiger partial charge is 0.508 e. The molecule has 0 saturated carbocycles. The van der Waals surface area contributed by atoms with Crippen LogP contribution in [0.1, 0.15) is 117 Å². The van der Waals surface area contributed by atoms with Crippen LogP contribution < -0.4 is 4.74 Å². The van der Waals surface area contributed by atoms with Crippen LogP contribution in [-0.4, -0.2) is 21.0 Å². The Hall–Kier alpha value is -2.65. The Morgan fingerprint density at radius 3 is 1.08 bits per heavy atom. The normalized spacial score (nSPS) is 13.3. The van der Waals surface area contributed by atoms with Gasteiger partial charge in [0, 0.05) is 40.8 Å². The Bertz CT molecular complexity index is 2570. The molecule has 3 unspecified atom stereocenters. The Kier molecular flexibility index (Phi) is 27.2. The maximum atomic E-state index is 10.2. The lowest BCUT2D eigenvalue weighted by Crippen LogP contribution is -2.30. The lowest BCUT2D eigenvalue weighted by Gasteiger charge is -2.35. The van der Waals surface area contributed by atoms with E-state index in [1.165, 1.54) is 40.1 Å². The number of ether oxygens (including phenoxy) is 1. The third-order valence-corrected chi connectivity index (χ3v) is 17.0. The second-order valence-corrected chi connectivity index (χ2v) is 25.6. The molecule has 0 fully saturated rings. The first-order chi connectivity index (χ1) is 33.8. The highest BCUT2D eigenvalue weighted by atomic mass is 127. The Labute approximate surface area is 500 Å². The van der Waals surface area contributed by atoms with Gasteiger partial charge in [-0.3, -0.25) is 9.78 Å². The van der Waals surface area contributed by atoms with E-state index in [2.05, 4.69) is 257 Å². The molecule has 1 aromatic heterocycles. The molecule has 0 aliphatic heterocycles. The van der Waals surface area contributed by atoms with Crippen molar-refractivity contribution in [1.82, 2.24) is 4.98 Å². The molecule has 1 heterocycles. The van der Waals surface area contributed by atoms with Crippen molar-refractivity contribution in [2.45, 2.75) is 106 Å². The number of Topliss-reactive ketones (excluding diaryl/α,β-unsaturated/α-hetero) is 1. The summed E-state index contributed by atoms with van der Waals surface area (Å²) in [7, 11) is 0. The minimum Gasteiger partial charge on any atom is -0.508 e. The van der Waals surface area contributed by atoms with Gasteiger partial charge in [-0.05, 0) is 269 Å². The number of aromatic hydroxyl groups is 1. The minimum absolute atomic E-state index is 0.0378. The van der Waals surface area contributed by atoms with E-state index in [4.69, 9.17) is 4.74 Å². The average molecular weight is 1530 g/mol. The highest BCUT2D eigenvalue weighted by Crippen LogP contribution is 2.41. The van der Waals surface area contributed by atoms with Gasteiger partial charge in [0.15, 0.2) is 0 Å². The number of phenolic OH excluding ortho intramolecular Hbond substituents is 1. The van der Waals surface area contributed by atoms with Gasteiger partial charge in [-0.1, -0.05) is 136 Å². The van der Waals surface area contributed by atoms with Crippen LogP contribution in [0.15, 0.2) is 170 Å². The Morgan fingerprint density at radius 1 is 0.486 bits per heavy atom. The Balaban J connectivity index is 0.000000260. The van der Waals surface area contributed by atoms with Crippen molar-refractivity contribution in [3.8, 4) is 11.5 Å². The highest BCUT2D eigenvalue weighted by Gasteiger charge is 2.33. The first-order valence-corrected chi connectivity index (χ1v) is 29.6. The molecule has 384 valence electrons. The summed E-state index contributed by atoms with van der Waals surface area (Å²) in [5.74, 6) is 2.83. The number of aliphatic hydroxyl groups is 1. The van der Waals surface area contributed by atoms with Gasteiger partial charge >= 0.3 is 0 Å². The zero-order valence-electron chi connectivity index (χ0n) is 43.7. The third-order valence-electron chi connectivity index (χ3n) is 13.4. The number of aromatic nitrogens is 1. The fourth-order valence-electron chi connectivity index (χ4n) is 7.15. The summed E-state index contributed by atoms with van der Waals surface area (Å²) >= 11 is 11.5. The summed E-state index contributed by atoms with van der Waals surface area (Å²) in [6.45, 7) is 25.4. The second kappa shape index (κ2) is 30.8. The number of benzene rings is 6. The van der Waals surface area contributed by atoms with Crippen molar-refractivity contribution < 1.29 is 19.7 Å². The predicted octanol–water partition coefficient (Wildman–Crippen LogP) is 18.5. The van der Waals surface area contributed by atoms with Gasteiger partial charge in [0.25, 0.3) is 0 Å². The van der Waals surface area contributed by atoms with Crippen LogP contribution in [0.3, 0.4) is 0 Å². The van der Waals surface area contributed by atoms with Crippen LogP contribution in [0.4, 0.5) is 0 Å². The van der Waals surface area contributed by atoms with Crippen LogP contribution >= 0.6 is 113 Å². The van der Waals surface area contributed by atoms with E-state index in [0.717, 1.165) is 17.0 Å². The summed E-state index contributed by atoms with van der Waals surface area (Å²) in [4.78, 5) is 14.4. The van der Waals surface area contributed by atoms with Gasteiger partial charge in [-0.25, -0.2) is 0 Å².